The van der Waals surface area contributed by atoms with E-state index in [2.05, 4.69) is 41.0 Å². The van der Waals surface area contributed by atoms with Crippen molar-refractivity contribution < 1.29 is 4.74 Å². The maximum Gasteiger partial charge on any atom is 0.225 e. The molecule has 0 aliphatic carbocycles. The second-order valence-electron chi connectivity index (χ2n) is 5.94. The third kappa shape index (κ3) is 4.14. The molecule has 21 heavy (non-hydrogen) atoms. The van der Waals surface area contributed by atoms with Crippen LogP contribution in [0, 0.1) is 12.8 Å². The van der Waals surface area contributed by atoms with E-state index in [0.717, 1.165) is 50.7 Å². The Bertz CT molecular complexity index is 452. The van der Waals surface area contributed by atoms with Gasteiger partial charge >= 0.3 is 0 Å². The number of ether oxygens (including phenoxy) is 1. The van der Waals surface area contributed by atoms with E-state index in [9.17, 15) is 0 Å². The third-order valence-electron chi connectivity index (χ3n) is 4.29. The fraction of sp³-hybridized carbons (Fsp3) is 0.750. The molecule has 2 heterocycles. The van der Waals surface area contributed by atoms with Crippen molar-refractivity contribution in [3.8, 4) is 0 Å². The highest BCUT2D eigenvalue weighted by Crippen LogP contribution is 2.22. The lowest BCUT2D eigenvalue weighted by atomic mass is 9.96. The summed E-state index contributed by atoms with van der Waals surface area (Å²) < 4.78 is 5.57. The summed E-state index contributed by atoms with van der Waals surface area (Å²) in [7, 11) is 1.79. The molecular weight excluding hydrogens is 264 g/mol. The van der Waals surface area contributed by atoms with Gasteiger partial charge in [0.05, 0.1) is 6.10 Å². The Morgan fingerprint density at radius 1 is 1.48 bits per heavy atom. The van der Waals surface area contributed by atoms with Gasteiger partial charge in [-0.3, -0.25) is 0 Å². The quantitative estimate of drug-likeness (QED) is 0.814. The van der Waals surface area contributed by atoms with E-state index < -0.39 is 0 Å². The van der Waals surface area contributed by atoms with Gasteiger partial charge in [0, 0.05) is 44.2 Å². The van der Waals surface area contributed by atoms with E-state index >= 15 is 0 Å². The summed E-state index contributed by atoms with van der Waals surface area (Å²) in [5.74, 6) is 1.44. The van der Waals surface area contributed by atoms with Gasteiger partial charge in [0.1, 0.15) is 0 Å². The van der Waals surface area contributed by atoms with Gasteiger partial charge in [-0.2, -0.15) is 0 Å². The lowest BCUT2D eigenvalue weighted by molar-refractivity contribution is 0.0494. The number of nitrogens with one attached hydrogen (secondary N) is 1. The molecule has 0 amide bonds. The van der Waals surface area contributed by atoms with Crippen LogP contribution in [-0.4, -0.2) is 42.8 Å². The summed E-state index contributed by atoms with van der Waals surface area (Å²) in [5.41, 5.74) is 2.25. The predicted molar refractivity (Wildman–Crippen MR) is 85.6 cm³/mol. The van der Waals surface area contributed by atoms with E-state index in [1.54, 1.807) is 7.11 Å². The maximum absolute atomic E-state index is 5.57. The van der Waals surface area contributed by atoms with E-state index in [1.807, 2.05) is 6.20 Å². The van der Waals surface area contributed by atoms with Gasteiger partial charge in [-0.05, 0) is 32.2 Å². The normalized spacial score (nSPS) is 22.6. The molecule has 1 fully saturated rings. The number of nitrogens with zero attached hydrogens (tertiary/aromatic N) is 3. The molecule has 1 N–H and O–H groups in total. The molecule has 118 valence electrons. The van der Waals surface area contributed by atoms with Gasteiger partial charge in [0.15, 0.2) is 0 Å². The number of aryl methyl sites for hydroxylation is 1. The summed E-state index contributed by atoms with van der Waals surface area (Å²) in [6.45, 7) is 10.2. The zero-order chi connectivity index (χ0) is 15.2. The van der Waals surface area contributed by atoms with Crippen LogP contribution in [0.3, 0.4) is 0 Å². The molecule has 1 saturated heterocycles. The van der Waals surface area contributed by atoms with E-state index in [0.29, 0.717) is 5.92 Å². The fourth-order valence-corrected chi connectivity index (χ4v) is 2.73. The SMILES string of the molecule is CCCNCc1cnc(N2CCC(C)C(OC)C2)nc1C. The first-order valence-electron chi connectivity index (χ1n) is 7.96. The third-order valence-corrected chi connectivity index (χ3v) is 4.29. The molecule has 0 spiro atoms. The lowest BCUT2D eigenvalue weighted by Gasteiger charge is -2.36. The number of aromatic nitrogens is 2. The Kier molecular flexibility index (Phi) is 5.94. The number of rotatable bonds is 6. The van der Waals surface area contributed by atoms with Gasteiger partial charge in [-0.1, -0.05) is 13.8 Å². The van der Waals surface area contributed by atoms with Crippen molar-refractivity contribution in [3.63, 3.8) is 0 Å². The van der Waals surface area contributed by atoms with Gasteiger partial charge in [-0.25, -0.2) is 9.97 Å². The van der Waals surface area contributed by atoms with Crippen molar-refractivity contribution in [2.45, 2.75) is 46.3 Å². The summed E-state index contributed by atoms with van der Waals surface area (Å²) in [6.07, 6.45) is 4.50. The van der Waals surface area contributed by atoms with Crippen molar-refractivity contribution in [2.75, 3.05) is 31.6 Å². The zero-order valence-electron chi connectivity index (χ0n) is 13.7. The van der Waals surface area contributed by atoms with E-state index in [1.165, 1.54) is 5.56 Å². The smallest absolute Gasteiger partial charge is 0.225 e. The zero-order valence-corrected chi connectivity index (χ0v) is 13.7. The summed E-state index contributed by atoms with van der Waals surface area (Å²) in [4.78, 5) is 11.5. The number of piperidine rings is 1. The van der Waals surface area contributed by atoms with Gasteiger partial charge in [0.25, 0.3) is 0 Å². The monoisotopic (exact) mass is 292 g/mol. The van der Waals surface area contributed by atoms with Crippen LogP contribution >= 0.6 is 0 Å². The van der Waals surface area contributed by atoms with Gasteiger partial charge in [0.2, 0.25) is 5.95 Å². The lowest BCUT2D eigenvalue weighted by Crippen LogP contribution is -2.44. The van der Waals surface area contributed by atoms with Crippen molar-refractivity contribution in [3.05, 3.63) is 17.5 Å². The van der Waals surface area contributed by atoms with Crippen LogP contribution in [0.15, 0.2) is 6.20 Å². The minimum atomic E-state index is 0.272. The molecule has 0 saturated carbocycles. The maximum atomic E-state index is 5.57. The van der Waals surface area contributed by atoms with Crippen LogP contribution in [0.1, 0.15) is 37.9 Å². The summed E-state index contributed by atoms with van der Waals surface area (Å²) >= 11 is 0. The molecule has 1 aliphatic heterocycles. The molecule has 1 aromatic heterocycles. The molecule has 2 unspecified atom stereocenters. The molecule has 5 nitrogen and oxygen atoms in total. The second-order valence-corrected chi connectivity index (χ2v) is 5.94. The number of hydrogen-bond donors (Lipinski definition) is 1. The first kappa shape index (κ1) is 16.2. The van der Waals surface area contributed by atoms with Gasteiger partial charge < -0.3 is 15.0 Å². The fourth-order valence-electron chi connectivity index (χ4n) is 2.73. The first-order valence-corrected chi connectivity index (χ1v) is 7.96. The molecule has 1 aromatic rings. The largest absolute Gasteiger partial charge is 0.379 e. The van der Waals surface area contributed by atoms with Crippen molar-refractivity contribution in [1.29, 1.82) is 0 Å². The van der Waals surface area contributed by atoms with Crippen molar-refractivity contribution in [2.24, 2.45) is 5.92 Å². The second kappa shape index (κ2) is 7.71. The Labute approximate surface area is 128 Å². The van der Waals surface area contributed by atoms with Gasteiger partial charge in [-0.15, -0.1) is 0 Å². The summed E-state index contributed by atoms with van der Waals surface area (Å²) in [5, 5.41) is 3.40. The first-order chi connectivity index (χ1) is 10.2. The minimum Gasteiger partial charge on any atom is -0.379 e. The predicted octanol–water partition coefficient (Wildman–Crippen LogP) is 2.15. The van der Waals surface area contributed by atoms with Crippen molar-refractivity contribution >= 4 is 5.95 Å². The average Bonchev–Trinajstić information content (AvgIpc) is 2.49. The number of methoxy groups -OCH3 is 1. The van der Waals surface area contributed by atoms with Crippen LogP contribution in [0.5, 0.6) is 0 Å². The van der Waals surface area contributed by atoms with Crippen molar-refractivity contribution in [1.82, 2.24) is 15.3 Å². The van der Waals surface area contributed by atoms with Crippen LogP contribution in [-0.2, 0) is 11.3 Å². The highest BCUT2D eigenvalue weighted by Gasteiger charge is 2.27. The summed E-state index contributed by atoms with van der Waals surface area (Å²) in [6, 6.07) is 0. The molecule has 0 bridgehead atoms. The van der Waals surface area contributed by atoms with E-state index in [-0.39, 0.29) is 6.10 Å². The van der Waals surface area contributed by atoms with Crippen LogP contribution < -0.4 is 10.2 Å². The standard InChI is InChI=1S/C16H28N4O/c1-5-7-17-9-14-10-18-16(19-13(14)3)20-8-6-12(2)15(11-20)21-4/h10,12,15,17H,5-9,11H2,1-4H3. The number of hydrogen-bond acceptors (Lipinski definition) is 5. The minimum absolute atomic E-state index is 0.272. The molecule has 1 aliphatic rings. The Morgan fingerprint density at radius 3 is 2.95 bits per heavy atom. The van der Waals surface area contributed by atoms with Crippen LogP contribution in [0.2, 0.25) is 0 Å². The Hall–Kier alpha value is -1.20. The Morgan fingerprint density at radius 2 is 2.29 bits per heavy atom. The van der Waals surface area contributed by atoms with Crippen LogP contribution in [0.25, 0.3) is 0 Å². The number of anilines is 1. The van der Waals surface area contributed by atoms with Crippen LogP contribution in [0.4, 0.5) is 5.95 Å². The molecule has 0 radical (unpaired) electrons. The molecule has 2 rings (SSSR count). The average molecular weight is 292 g/mol. The van der Waals surface area contributed by atoms with E-state index in [4.69, 9.17) is 4.74 Å². The Balaban J connectivity index is 2.02. The molecule has 2 atom stereocenters. The molecular formula is C16H28N4O. The highest BCUT2D eigenvalue weighted by molar-refractivity contribution is 5.34. The topological polar surface area (TPSA) is 50.3 Å². The molecule has 0 aromatic carbocycles. The molecule has 5 heteroatoms. The highest BCUT2D eigenvalue weighted by atomic mass is 16.5.